The molecule has 76 valence electrons. The third-order valence-corrected chi connectivity index (χ3v) is 1.98. The van der Waals surface area contributed by atoms with Gasteiger partial charge in [0.25, 0.3) is 0 Å². The van der Waals surface area contributed by atoms with Crippen LogP contribution in [0.1, 0.15) is 10.4 Å². The van der Waals surface area contributed by atoms with Gasteiger partial charge in [0.15, 0.2) is 0 Å². The lowest BCUT2D eigenvalue weighted by atomic mass is 10.2. The number of aromatic nitrogens is 2. The van der Waals surface area contributed by atoms with Crippen LogP contribution in [0.5, 0.6) is 0 Å². The zero-order valence-electron chi connectivity index (χ0n) is 7.35. The van der Waals surface area contributed by atoms with E-state index in [1.54, 1.807) is 0 Å². The van der Waals surface area contributed by atoms with E-state index in [-0.39, 0.29) is 16.5 Å². The number of halogens is 1. The van der Waals surface area contributed by atoms with Crippen molar-refractivity contribution in [3.05, 3.63) is 29.7 Å². The first-order valence-corrected chi connectivity index (χ1v) is 4.00. The number of fused-ring (bicyclic) bond motifs is 1. The highest BCUT2D eigenvalue weighted by atomic mass is 19.1. The van der Waals surface area contributed by atoms with Crippen molar-refractivity contribution in [2.24, 2.45) is 0 Å². The second-order valence-electron chi connectivity index (χ2n) is 2.88. The van der Waals surface area contributed by atoms with Gasteiger partial charge >= 0.3 is 6.09 Å². The first-order valence-electron chi connectivity index (χ1n) is 4.00. The van der Waals surface area contributed by atoms with Gasteiger partial charge in [-0.3, -0.25) is 4.79 Å². The van der Waals surface area contributed by atoms with Gasteiger partial charge in [0.05, 0.1) is 10.9 Å². The fraction of sp³-hybridized carbons (Fsp3) is 0. The normalized spacial score (nSPS) is 10.5. The predicted molar refractivity (Wildman–Crippen MR) is 48.5 cm³/mol. The Bertz CT molecular complexity index is 562. The van der Waals surface area contributed by atoms with E-state index in [0.29, 0.717) is 11.0 Å². The Kier molecular flexibility index (Phi) is 1.96. The van der Waals surface area contributed by atoms with Crippen LogP contribution in [0, 0.1) is 5.95 Å². The number of carboxylic acid groups (broad SMARTS) is 1. The minimum atomic E-state index is -1.37. The Morgan fingerprint density at radius 1 is 1.53 bits per heavy atom. The molecule has 0 aliphatic rings. The molecule has 0 unspecified atom stereocenters. The fourth-order valence-corrected chi connectivity index (χ4v) is 1.32. The number of aldehydes is 1. The van der Waals surface area contributed by atoms with Gasteiger partial charge in [-0.1, -0.05) is 0 Å². The third-order valence-electron chi connectivity index (χ3n) is 1.98. The van der Waals surface area contributed by atoms with Crippen LogP contribution < -0.4 is 0 Å². The lowest BCUT2D eigenvalue weighted by Crippen LogP contribution is -2.09. The van der Waals surface area contributed by atoms with Gasteiger partial charge in [0.2, 0.25) is 5.95 Å². The molecule has 1 aromatic heterocycles. The smallest absolute Gasteiger partial charge is 0.432 e. The van der Waals surface area contributed by atoms with Crippen LogP contribution in [-0.2, 0) is 0 Å². The molecule has 1 aromatic carbocycles. The maximum Gasteiger partial charge on any atom is 0.432 e. The summed E-state index contributed by atoms with van der Waals surface area (Å²) < 4.78 is 13.7. The molecule has 0 saturated heterocycles. The zero-order valence-corrected chi connectivity index (χ0v) is 7.35. The van der Waals surface area contributed by atoms with Gasteiger partial charge < -0.3 is 5.11 Å². The standard InChI is InChI=1S/C9H5FN2O3/c10-8-6-3-5(4-13)1-2-7(6)12(11-8)9(14)15/h1-4H,(H,14,15). The summed E-state index contributed by atoms with van der Waals surface area (Å²) in [5, 5.41) is 11.9. The first-order chi connectivity index (χ1) is 7.13. The third kappa shape index (κ3) is 1.35. The van der Waals surface area contributed by atoms with Gasteiger partial charge in [-0.15, -0.1) is 5.10 Å². The summed E-state index contributed by atoms with van der Waals surface area (Å²) in [7, 11) is 0. The van der Waals surface area contributed by atoms with Gasteiger partial charge in [0.1, 0.15) is 6.29 Å². The second-order valence-corrected chi connectivity index (χ2v) is 2.88. The SMILES string of the molecule is O=Cc1ccc2c(c1)c(F)nn2C(=O)O. The van der Waals surface area contributed by atoms with Crippen molar-refractivity contribution >= 4 is 23.3 Å². The van der Waals surface area contributed by atoms with Gasteiger partial charge in [-0.05, 0) is 18.2 Å². The van der Waals surface area contributed by atoms with E-state index >= 15 is 0 Å². The number of rotatable bonds is 1. The number of benzene rings is 1. The highest BCUT2D eigenvalue weighted by Crippen LogP contribution is 2.18. The largest absolute Gasteiger partial charge is 0.463 e. The summed E-state index contributed by atoms with van der Waals surface area (Å²) in [6.07, 6.45) is -0.820. The molecule has 1 N–H and O–H groups in total. The molecule has 0 spiro atoms. The molecular formula is C9H5FN2O3. The van der Waals surface area contributed by atoms with E-state index in [1.165, 1.54) is 18.2 Å². The second kappa shape index (κ2) is 3.16. The number of hydrogen-bond acceptors (Lipinski definition) is 3. The Balaban J connectivity index is 2.80. The molecule has 6 heteroatoms. The molecule has 0 bridgehead atoms. The Morgan fingerprint density at radius 3 is 2.87 bits per heavy atom. The molecule has 0 radical (unpaired) electrons. The van der Waals surface area contributed by atoms with Gasteiger partial charge in [-0.25, -0.2) is 4.79 Å². The molecule has 0 amide bonds. The van der Waals surface area contributed by atoms with Crippen molar-refractivity contribution < 1.29 is 19.1 Å². The predicted octanol–water partition coefficient (Wildman–Crippen LogP) is 1.51. The van der Waals surface area contributed by atoms with Crippen LogP contribution in [0.2, 0.25) is 0 Å². The van der Waals surface area contributed by atoms with Gasteiger partial charge in [0, 0.05) is 5.56 Å². The zero-order chi connectivity index (χ0) is 11.0. The number of carbonyl (C=O) groups excluding carboxylic acids is 1. The lowest BCUT2D eigenvalue weighted by molar-refractivity contribution is 0.112. The van der Waals surface area contributed by atoms with Crippen LogP contribution in [0.15, 0.2) is 18.2 Å². The maximum atomic E-state index is 13.2. The fourth-order valence-electron chi connectivity index (χ4n) is 1.32. The van der Waals surface area contributed by atoms with Crippen LogP contribution >= 0.6 is 0 Å². The number of hydrogen-bond donors (Lipinski definition) is 1. The summed E-state index contributed by atoms with van der Waals surface area (Å²) in [4.78, 5) is 21.1. The minimum absolute atomic E-state index is 0.0157. The minimum Gasteiger partial charge on any atom is -0.463 e. The van der Waals surface area contributed by atoms with Crippen LogP contribution in [0.4, 0.5) is 9.18 Å². The molecule has 1 heterocycles. The molecule has 2 rings (SSSR count). The molecule has 0 saturated carbocycles. The molecule has 0 aliphatic carbocycles. The maximum absolute atomic E-state index is 13.2. The van der Waals surface area contributed by atoms with E-state index in [4.69, 9.17) is 5.11 Å². The molecule has 0 aliphatic heterocycles. The Morgan fingerprint density at radius 2 is 2.27 bits per heavy atom. The average molecular weight is 208 g/mol. The molecule has 0 fully saturated rings. The summed E-state index contributed by atoms with van der Waals surface area (Å²) in [6, 6.07) is 3.99. The number of carbonyl (C=O) groups is 2. The quantitative estimate of drug-likeness (QED) is 0.721. The molecule has 15 heavy (non-hydrogen) atoms. The topological polar surface area (TPSA) is 72.2 Å². The van der Waals surface area contributed by atoms with E-state index < -0.39 is 12.0 Å². The monoisotopic (exact) mass is 208 g/mol. The van der Waals surface area contributed by atoms with Crippen molar-refractivity contribution in [2.45, 2.75) is 0 Å². The molecule has 0 atom stereocenters. The molecule has 2 aromatic rings. The molecule has 5 nitrogen and oxygen atoms in total. The summed E-state index contributed by atoms with van der Waals surface area (Å²) in [6.45, 7) is 0. The van der Waals surface area contributed by atoms with Crippen LogP contribution in [-0.4, -0.2) is 27.3 Å². The van der Waals surface area contributed by atoms with Crippen molar-refractivity contribution in [3.63, 3.8) is 0 Å². The van der Waals surface area contributed by atoms with Crippen LogP contribution in [0.3, 0.4) is 0 Å². The van der Waals surface area contributed by atoms with E-state index in [1.807, 2.05) is 0 Å². The van der Waals surface area contributed by atoms with Crippen molar-refractivity contribution in [3.8, 4) is 0 Å². The average Bonchev–Trinajstić information content (AvgIpc) is 2.56. The summed E-state index contributed by atoms with van der Waals surface area (Å²) >= 11 is 0. The van der Waals surface area contributed by atoms with E-state index in [9.17, 15) is 14.0 Å². The summed E-state index contributed by atoms with van der Waals surface area (Å²) in [5.74, 6) is -0.906. The Labute approximate surface area is 82.7 Å². The summed E-state index contributed by atoms with van der Waals surface area (Å²) in [5.41, 5.74) is 0.386. The van der Waals surface area contributed by atoms with E-state index in [0.717, 1.165) is 0 Å². The van der Waals surface area contributed by atoms with Crippen molar-refractivity contribution in [1.82, 2.24) is 9.78 Å². The van der Waals surface area contributed by atoms with E-state index in [2.05, 4.69) is 5.10 Å². The number of nitrogens with zero attached hydrogens (tertiary/aromatic N) is 2. The first kappa shape index (κ1) is 9.32. The molecular weight excluding hydrogens is 203 g/mol. The van der Waals surface area contributed by atoms with Crippen molar-refractivity contribution in [2.75, 3.05) is 0 Å². The highest BCUT2D eigenvalue weighted by Gasteiger charge is 2.14. The van der Waals surface area contributed by atoms with Crippen LogP contribution in [0.25, 0.3) is 10.9 Å². The van der Waals surface area contributed by atoms with Gasteiger partial charge in [-0.2, -0.15) is 9.07 Å². The Hall–Kier alpha value is -2.24. The van der Waals surface area contributed by atoms with Crippen molar-refractivity contribution in [1.29, 1.82) is 0 Å². The lowest BCUT2D eigenvalue weighted by Gasteiger charge is -1.94. The highest BCUT2D eigenvalue weighted by molar-refractivity contribution is 5.91.